The third-order valence-electron chi connectivity index (χ3n) is 3.07. The molecule has 1 aromatic rings. The van der Waals surface area contributed by atoms with Gasteiger partial charge in [-0.2, -0.15) is 0 Å². The van der Waals surface area contributed by atoms with Gasteiger partial charge in [0.2, 0.25) is 0 Å². The summed E-state index contributed by atoms with van der Waals surface area (Å²) in [6.07, 6.45) is 0.146. The van der Waals surface area contributed by atoms with E-state index in [1.807, 2.05) is 12.1 Å². The average molecular weight is 272 g/mol. The van der Waals surface area contributed by atoms with Gasteiger partial charge in [-0.3, -0.25) is 0 Å². The summed E-state index contributed by atoms with van der Waals surface area (Å²) in [4.78, 5) is 0. The Morgan fingerprint density at radius 2 is 1.83 bits per heavy atom. The predicted molar refractivity (Wildman–Crippen MR) is 74.7 cm³/mol. The molecule has 0 heterocycles. The van der Waals surface area contributed by atoms with Crippen LogP contribution in [0.3, 0.4) is 0 Å². The highest BCUT2D eigenvalue weighted by Crippen LogP contribution is 2.16. The van der Waals surface area contributed by atoms with Crippen molar-refractivity contribution in [1.29, 1.82) is 0 Å². The summed E-state index contributed by atoms with van der Waals surface area (Å²) in [5.74, 6) is 0.426. The Hall–Kier alpha value is -0.610. The highest BCUT2D eigenvalue weighted by Gasteiger charge is 2.14. The predicted octanol–water partition coefficient (Wildman–Crippen LogP) is 2.37. The summed E-state index contributed by atoms with van der Waals surface area (Å²) in [6.45, 7) is 4.83. The minimum Gasteiger partial charge on any atom is -0.396 e. The molecule has 2 unspecified atom stereocenters. The zero-order valence-electron chi connectivity index (χ0n) is 10.9. The molecule has 0 spiro atoms. The topological polar surface area (TPSA) is 52.5 Å². The number of rotatable bonds is 7. The molecule has 0 fully saturated rings. The molecule has 3 nitrogen and oxygen atoms in total. The van der Waals surface area contributed by atoms with Crippen LogP contribution in [-0.2, 0) is 0 Å². The largest absolute Gasteiger partial charge is 0.396 e. The fourth-order valence-electron chi connectivity index (χ4n) is 1.88. The van der Waals surface area contributed by atoms with Crippen molar-refractivity contribution in [3.8, 4) is 0 Å². The molecule has 0 aromatic heterocycles. The summed E-state index contributed by atoms with van der Waals surface area (Å²) in [6, 6.07) is 7.41. The zero-order valence-corrected chi connectivity index (χ0v) is 11.7. The summed E-state index contributed by atoms with van der Waals surface area (Å²) in [5.41, 5.74) is 0.846. The molecule has 0 radical (unpaired) electrons. The third kappa shape index (κ3) is 4.94. The number of aliphatic hydroxyl groups excluding tert-OH is 2. The quantitative estimate of drug-likeness (QED) is 0.714. The van der Waals surface area contributed by atoms with E-state index in [9.17, 15) is 5.11 Å². The standard InChI is InChI=1S/C14H22ClNO2/c1-10(2)13(7-8-17)16-9-14(18)11-3-5-12(15)6-4-11/h3-6,10,13-14,16-18H,7-9H2,1-2H3. The minimum atomic E-state index is -0.554. The van der Waals surface area contributed by atoms with Gasteiger partial charge in [0.05, 0.1) is 6.10 Å². The minimum absolute atomic E-state index is 0.160. The van der Waals surface area contributed by atoms with Gasteiger partial charge in [0.15, 0.2) is 0 Å². The molecular formula is C14H22ClNO2. The smallest absolute Gasteiger partial charge is 0.0914 e. The average Bonchev–Trinajstić information content (AvgIpc) is 2.34. The number of aliphatic hydroxyl groups is 2. The lowest BCUT2D eigenvalue weighted by Gasteiger charge is -2.23. The maximum Gasteiger partial charge on any atom is 0.0914 e. The zero-order chi connectivity index (χ0) is 13.5. The lowest BCUT2D eigenvalue weighted by Crippen LogP contribution is -2.37. The number of halogens is 1. The second-order valence-corrected chi connectivity index (χ2v) is 5.27. The number of benzene rings is 1. The van der Waals surface area contributed by atoms with Crippen LogP contribution < -0.4 is 5.32 Å². The lowest BCUT2D eigenvalue weighted by atomic mass is 10.0. The molecule has 2 atom stereocenters. The monoisotopic (exact) mass is 271 g/mol. The van der Waals surface area contributed by atoms with Crippen molar-refractivity contribution in [3.63, 3.8) is 0 Å². The summed E-state index contributed by atoms with van der Waals surface area (Å²) < 4.78 is 0. The van der Waals surface area contributed by atoms with Gasteiger partial charge < -0.3 is 15.5 Å². The summed E-state index contributed by atoms with van der Waals surface area (Å²) >= 11 is 5.80. The highest BCUT2D eigenvalue weighted by atomic mass is 35.5. The molecule has 0 aliphatic heterocycles. The van der Waals surface area contributed by atoms with Crippen LogP contribution in [-0.4, -0.2) is 29.4 Å². The Kier molecular flexibility index (Phi) is 6.65. The first kappa shape index (κ1) is 15.4. The van der Waals surface area contributed by atoms with Crippen molar-refractivity contribution < 1.29 is 10.2 Å². The first-order valence-corrected chi connectivity index (χ1v) is 6.70. The van der Waals surface area contributed by atoms with Gasteiger partial charge >= 0.3 is 0 Å². The van der Waals surface area contributed by atoms with Crippen molar-refractivity contribution >= 4 is 11.6 Å². The Morgan fingerprint density at radius 1 is 1.22 bits per heavy atom. The van der Waals surface area contributed by atoms with E-state index in [-0.39, 0.29) is 12.6 Å². The van der Waals surface area contributed by atoms with Crippen LogP contribution in [0.2, 0.25) is 5.02 Å². The first-order valence-electron chi connectivity index (χ1n) is 6.32. The normalized spacial score (nSPS) is 14.8. The van der Waals surface area contributed by atoms with Gasteiger partial charge in [-0.1, -0.05) is 37.6 Å². The molecule has 0 amide bonds. The molecule has 4 heteroatoms. The molecule has 0 saturated heterocycles. The molecule has 0 aliphatic carbocycles. The molecule has 3 N–H and O–H groups in total. The maximum atomic E-state index is 10.0. The second kappa shape index (κ2) is 7.74. The molecule has 1 rings (SSSR count). The van der Waals surface area contributed by atoms with Crippen molar-refractivity contribution in [3.05, 3.63) is 34.9 Å². The van der Waals surface area contributed by atoms with Crippen molar-refractivity contribution in [2.45, 2.75) is 32.4 Å². The van der Waals surface area contributed by atoms with Crippen molar-refractivity contribution in [2.75, 3.05) is 13.2 Å². The summed E-state index contributed by atoms with van der Waals surface area (Å²) in [7, 11) is 0. The van der Waals surface area contributed by atoms with Crippen LogP contribution >= 0.6 is 11.6 Å². The fourth-order valence-corrected chi connectivity index (χ4v) is 2.00. The Balaban J connectivity index is 2.48. The van der Waals surface area contributed by atoms with E-state index in [0.29, 0.717) is 23.9 Å². The van der Waals surface area contributed by atoms with Crippen molar-refractivity contribution in [2.24, 2.45) is 5.92 Å². The third-order valence-corrected chi connectivity index (χ3v) is 3.32. The lowest BCUT2D eigenvalue weighted by molar-refractivity contribution is 0.159. The molecule has 0 saturated carbocycles. The second-order valence-electron chi connectivity index (χ2n) is 4.84. The molecule has 102 valence electrons. The van der Waals surface area contributed by atoms with E-state index in [1.54, 1.807) is 12.1 Å². The molecule has 0 bridgehead atoms. The van der Waals surface area contributed by atoms with Gasteiger partial charge in [0.1, 0.15) is 0 Å². The van der Waals surface area contributed by atoms with E-state index in [2.05, 4.69) is 19.2 Å². The summed E-state index contributed by atoms with van der Waals surface area (Å²) in [5, 5.41) is 23.0. The highest BCUT2D eigenvalue weighted by molar-refractivity contribution is 6.30. The van der Waals surface area contributed by atoms with Gasteiger partial charge in [0, 0.05) is 24.2 Å². The Bertz CT molecular complexity index is 340. The van der Waals surface area contributed by atoms with E-state index in [0.717, 1.165) is 5.56 Å². The first-order chi connectivity index (χ1) is 8.54. The van der Waals surface area contributed by atoms with Crippen LogP contribution in [0.5, 0.6) is 0 Å². The van der Waals surface area contributed by atoms with E-state index in [4.69, 9.17) is 16.7 Å². The van der Waals surface area contributed by atoms with E-state index >= 15 is 0 Å². The van der Waals surface area contributed by atoms with E-state index < -0.39 is 6.10 Å². The van der Waals surface area contributed by atoms with Crippen LogP contribution in [0, 0.1) is 5.92 Å². The molecule has 0 aliphatic rings. The van der Waals surface area contributed by atoms with Crippen LogP contribution in [0.1, 0.15) is 31.9 Å². The number of hydrogen-bond donors (Lipinski definition) is 3. The van der Waals surface area contributed by atoms with Crippen LogP contribution in [0.25, 0.3) is 0 Å². The van der Waals surface area contributed by atoms with Gasteiger partial charge in [-0.05, 0) is 30.0 Å². The Labute approximate surface area is 114 Å². The number of hydrogen-bond acceptors (Lipinski definition) is 3. The molecule has 1 aromatic carbocycles. The molecule has 18 heavy (non-hydrogen) atoms. The molecular weight excluding hydrogens is 250 g/mol. The van der Waals surface area contributed by atoms with Crippen LogP contribution in [0.15, 0.2) is 24.3 Å². The maximum absolute atomic E-state index is 10.0. The van der Waals surface area contributed by atoms with Gasteiger partial charge in [0.25, 0.3) is 0 Å². The Morgan fingerprint density at radius 3 is 2.33 bits per heavy atom. The SMILES string of the molecule is CC(C)C(CCO)NCC(O)c1ccc(Cl)cc1. The van der Waals surface area contributed by atoms with E-state index in [1.165, 1.54) is 0 Å². The van der Waals surface area contributed by atoms with Crippen LogP contribution in [0.4, 0.5) is 0 Å². The van der Waals surface area contributed by atoms with Gasteiger partial charge in [-0.25, -0.2) is 0 Å². The van der Waals surface area contributed by atoms with Gasteiger partial charge in [-0.15, -0.1) is 0 Å². The fraction of sp³-hybridized carbons (Fsp3) is 0.571. The van der Waals surface area contributed by atoms with Crippen molar-refractivity contribution in [1.82, 2.24) is 5.32 Å². The number of nitrogens with one attached hydrogen (secondary N) is 1.